The third-order valence-electron chi connectivity index (χ3n) is 4.88. The van der Waals surface area contributed by atoms with Crippen LogP contribution in [0.15, 0.2) is 0 Å². The highest BCUT2D eigenvalue weighted by Gasteiger charge is 2.42. The van der Waals surface area contributed by atoms with Crippen molar-refractivity contribution in [3.05, 3.63) is 0 Å². The third-order valence-corrected chi connectivity index (χ3v) is 4.88. The zero-order valence-corrected chi connectivity index (χ0v) is 10.8. The Balaban J connectivity index is 2.07. The van der Waals surface area contributed by atoms with Crippen LogP contribution in [-0.2, 0) is 0 Å². The van der Waals surface area contributed by atoms with Gasteiger partial charge in [0.25, 0.3) is 0 Å². The average molecular weight is 235 g/mol. The van der Waals surface area contributed by atoms with Crippen LogP contribution in [-0.4, -0.2) is 11.2 Å². The molecule has 0 aromatic rings. The maximum atomic E-state index is 10.7. The van der Waals surface area contributed by atoms with E-state index in [-0.39, 0.29) is 6.10 Å². The van der Waals surface area contributed by atoms with Crippen LogP contribution in [0.3, 0.4) is 0 Å². The van der Waals surface area contributed by atoms with Crippen LogP contribution in [0.2, 0.25) is 0 Å². The van der Waals surface area contributed by atoms with Gasteiger partial charge in [0.05, 0.1) is 17.6 Å². The molecule has 2 rings (SSSR count). The number of aliphatic hydroxyl groups excluding tert-OH is 1. The minimum Gasteiger partial charge on any atom is -0.391 e. The van der Waals surface area contributed by atoms with E-state index in [2.05, 4.69) is 6.07 Å². The van der Waals surface area contributed by atoms with Crippen molar-refractivity contribution in [3.63, 3.8) is 0 Å². The second kappa shape index (κ2) is 5.87. The maximum absolute atomic E-state index is 10.7. The lowest BCUT2D eigenvalue weighted by Gasteiger charge is -2.37. The molecule has 2 nitrogen and oxygen atoms in total. The SMILES string of the molecule is N#CC1(C(O)C2CCCCC2)CCCCCC1. The van der Waals surface area contributed by atoms with Gasteiger partial charge in [-0.1, -0.05) is 44.9 Å². The molecule has 2 aliphatic carbocycles. The lowest BCUT2D eigenvalue weighted by atomic mass is 9.69. The number of rotatable bonds is 2. The summed E-state index contributed by atoms with van der Waals surface area (Å²) in [4.78, 5) is 0. The standard InChI is InChI=1S/C15H25NO/c16-12-15(10-6-1-2-7-11-15)14(17)13-8-4-3-5-9-13/h13-14,17H,1-11H2. The molecule has 0 bridgehead atoms. The summed E-state index contributed by atoms with van der Waals surface area (Å²) in [6, 6.07) is 2.50. The summed E-state index contributed by atoms with van der Waals surface area (Å²) in [6.45, 7) is 0. The van der Waals surface area contributed by atoms with E-state index in [1.54, 1.807) is 0 Å². The first-order valence-electron chi connectivity index (χ1n) is 7.38. The van der Waals surface area contributed by atoms with Gasteiger partial charge in [0.2, 0.25) is 0 Å². The van der Waals surface area contributed by atoms with Gasteiger partial charge in [0.1, 0.15) is 0 Å². The second-order valence-corrected chi connectivity index (χ2v) is 6.03. The molecule has 0 spiro atoms. The predicted octanol–water partition coefficient (Wildman–Crippen LogP) is 3.79. The first-order chi connectivity index (χ1) is 8.28. The van der Waals surface area contributed by atoms with E-state index in [1.165, 1.54) is 32.1 Å². The van der Waals surface area contributed by atoms with Crippen molar-refractivity contribution in [3.8, 4) is 6.07 Å². The van der Waals surface area contributed by atoms with Crippen molar-refractivity contribution in [1.82, 2.24) is 0 Å². The van der Waals surface area contributed by atoms with Crippen molar-refractivity contribution >= 4 is 0 Å². The van der Waals surface area contributed by atoms with Gasteiger partial charge in [0, 0.05) is 0 Å². The maximum Gasteiger partial charge on any atom is 0.0835 e. The summed E-state index contributed by atoms with van der Waals surface area (Å²) in [5, 5.41) is 20.2. The fourth-order valence-corrected chi connectivity index (χ4v) is 3.73. The van der Waals surface area contributed by atoms with E-state index in [9.17, 15) is 10.4 Å². The summed E-state index contributed by atoms with van der Waals surface area (Å²) >= 11 is 0. The number of hydrogen-bond donors (Lipinski definition) is 1. The Kier molecular flexibility index (Phi) is 4.45. The molecule has 96 valence electrons. The first kappa shape index (κ1) is 12.9. The minimum absolute atomic E-state index is 0.370. The van der Waals surface area contributed by atoms with Crippen LogP contribution in [0.25, 0.3) is 0 Å². The fourth-order valence-electron chi connectivity index (χ4n) is 3.73. The van der Waals surface area contributed by atoms with Gasteiger partial charge >= 0.3 is 0 Å². The Hall–Kier alpha value is -0.550. The van der Waals surface area contributed by atoms with Gasteiger partial charge in [-0.2, -0.15) is 5.26 Å². The van der Waals surface area contributed by atoms with E-state index in [0.717, 1.165) is 38.5 Å². The summed E-state index contributed by atoms with van der Waals surface area (Å²) in [5.74, 6) is 0.390. The first-order valence-corrected chi connectivity index (χ1v) is 7.38. The Bertz CT molecular complexity index is 267. The van der Waals surface area contributed by atoms with E-state index in [1.807, 2.05) is 0 Å². The molecule has 0 aromatic heterocycles. The Morgan fingerprint density at radius 2 is 1.47 bits per heavy atom. The van der Waals surface area contributed by atoms with Gasteiger partial charge in [-0.25, -0.2) is 0 Å². The Labute approximate surface area is 105 Å². The topological polar surface area (TPSA) is 44.0 Å². The normalized spacial score (nSPS) is 28.0. The van der Waals surface area contributed by atoms with Gasteiger partial charge < -0.3 is 5.11 Å². The smallest absolute Gasteiger partial charge is 0.0835 e. The number of nitrogens with zero attached hydrogens (tertiary/aromatic N) is 1. The Morgan fingerprint density at radius 3 is 2.00 bits per heavy atom. The molecule has 0 amide bonds. The molecule has 0 radical (unpaired) electrons. The summed E-state index contributed by atoms with van der Waals surface area (Å²) in [5.41, 5.74) is -0.418. The van der Waals surface area contributed by atoms with Crippen molar-refractivity contribution in [1.29, 1.82) is 5.26 Å². The molecule has 0 aliphatic heterocycles. The molecular weight excluding hydrogens is 210 g/mol. The van der Waals surface area contributed by atoms with E-state index in [4.69, 9.17) is 0 Å². The highest BCUT2D eigenvalue weighted by atomic mass is 16.3. The lowest BCUT2D eigenvalue weighted by molar-refractivity contribution is -0.00877. The van der Waals surface area contributed by atoms with Crippen LogP contribution >= 0.6 is 0 Å². The van der Waals surface area contributed by atoms with Crippen LogP contribution in [0, 0.1) is 22.7 Å². The predicted molar refractivity (Wildman–Crippen MR) is 68.3 cm³/mol. The highest BCUT2D eigenvalue weighted by Crippen LogP contribution is 2.43. The summed E-state index contributed by atoms with van der Waals surface area (Å²) in [7, 11) is 0. The summed E-state index contributed by atoms with van der Waals surface area (Å²) in [6.07, 6.45) is 12.2. The largest absolute Gasteiger partial charge is 0.391 e. The molecule has 1 atom stereocenters. The molecule has 0 saturated heterocycles. The molecule has 2 fully saturated rings. The Morgan fingerprint density at radius 1 is 0.941 bits per heavy atom. The molecule has 2 heteroatoms. The average Bonchev–Trinajstić information content (AvgIpc) is 2.65. The van der Waals surface area contributed by atoms with Gasteiger partial charge in [0.15, 0.2) is 0 Å². The molecule has 2 aliphatic rings. The van der Waals surface area contributed by atoms with E-state index in [0.29, 0.717) is 5.92 Å². The molecule has 1 unspecified atom stereocenters. The number of hydrogen-bond acceptors (Lipinski definition) is 2. The third kappa shape index (κ3) is 2.83. The minimum atomic E-state index is -0.418. The molecule has 1 N–H and O–H groups in total. The molecule has 0 heterocycles. The van der Waals surface area contributed by atoms with Gasteiger partial charge in [-0.15, -0.1) is 0 Å². The van der Waals surface area contributed by atoms with E-state index < -0.39 is 5.41 Å². The van der Waals surface area contributed by atoms with Crippen LogP contribution in [0.4, 0.5) is 0 Å². The number of aliphatic hydroxyl groups is 1. The zero-order chi connectivity index (χ0) is 12.1. The van der Waals surface area contributed by atoms with Gasteiger partial charge in [-0.3, -0.25) is 0 Å². The molecule has 2 saturated carbocycles. The molecule has 17 heavy (non-hydrogen) atoms. The quantitative estimate of drug-likeness (QED) is 0.740. The molecular formula is C15H25NO. The second-order valence-electron chi connectivity index (χ2n) is 6.03. The highest BCUT2D eigenvalue weighted by molar-refractivity contribution is 5.06. The monoisotopic (exact) mass is 235 g/mol. The van der Waals surface area contributed by atoms with Gasteiger partial charge in [-0.05, 0) is 31.6 Å². The molecule has 0 aromatic carbocycles. The number of nitriles is 1. The van der Waals surface area contributed by atoms with E-state index >= 15 is 0 Å². The van der Waals surface area contributed by atoms with Crippen molar-refractivity contribution in [2.24, 2.45) is 11.3 Å². The fraction of sp³-hybridized carbons (Fsp3) is 0.933. The van der Waals surface area contributed by atoms with Crippen molar-refractivity contribution < 1.29 is 5.11 Å². The lowest BCUT2D eigenvalue weighted by Crippen LogP contribution is -2.40. The van der Waals surface area contributed by atoms with Crippen LogP contribution in [0.5, 0.6) is 0 Å². The van der Waals surface area contributed by atoms with Crippen LogP contribution < -0.4 is 0 Å². The van der Waals surface area contributed by atoms with Crippen LogP contribution in [0.1, 0.15) is 70.6 Å². The van der Waals surface area contributed by atoms with Crippen molar-refractivity contribution in [2.45, 2.75) is 76.7 Å². The zero-order valence-electron chi connectivity index (χ0n) is 10.8. The van der Waals surface area contributed by atoms with Crippen molar-refractivity contribution in [2.75, 3.05) is 0 Å². The summed E-state index contributed by atoms with van der Waals surface area (Å²) < 4.78 is 0.